The number of carbonyl (C=O) groups is 1. The van der Waals surface area contributed by atoms with Crippen LogP contribution >= 0.6 is 11.3 Å². The molecule has 0 aliphatic carbocycles. The van der Waals surface area contributed by atoms with Crippen LogP contribution in [0.15, 0.2) is 53.9 Å². The minimum absolute atomic E-state index is 0.0225. The van der Waals surface area contributed by atoms with Crippen molar-refractivity contribution < 1.29 is 9.53 Å². The largest absolute Gasteiger partial charge is 0.497 e. The molecule has 3 rings (SSSR count). The van der Waals surface area contributed by atoms with Crippen LogP contribution in [0.2, 0.25) is 0 Å². The molecule has 0 aliphatic heterocycles. The van der Waals surface area contributed by atoms with Crippen molar-refractivity contribution in [1.29, 1.82) is 0 Å². The molecule has 0 radical (unpaired) electrons. The highest BCUT2D eigenvalue weighted by Crippen LogP contribution is 2.29. The van der Waals surface area contributed by atoms with Crippen molar-refractivity contribution in [3.05, 3.63) is 65.0 Å². The standard InChI is InChI=1S/C30H42N4O2S/c1-21(2)18-31-29(35)26-10-8-24(9-11-26)19-33(16-17-34(22(3)4)23(5)6)30-32-28(20-37-30)25-12-14-27(36-7)15-13-25/h8-15,20-23H,16-19H2,1-7H3,(H,31,35). The van der Waals surface area contributed by atoms with Crippen LogP contribution in [0.3, 0.4) is 0 Å². The Hall–Kier alpha value is -2.90. The SMILES string of the molecule is COc1ccc(-c2csc(N(CCN(C(C)C)C(C)C)Cc3ccc(C(=O)NCC(C)C)cc3)n2)cc1. The van der Waals surface area contributed by atoms with E-state index in [-0.39, 0.29) is 5.91 Å². The fraction of sp³-hybridized carbons (Fsp3) is 0.467. The molecule has 7 heteroatoms. The minimum Gasteiger partial charge on any atom is -0.497 e. The average Bonchev–Trinajstić information content (AvgIpc) is 3.37. The lowest BCUT2D eigenvalue weighted by Gasteiger charge is -2.33. The monoisotopic (exact) mass is 522 g/mol. The Bertz CT molecular complexity index is 1100. The fourth-order valence-corrected chi connectivity index (χ4v) is 5.14. The van der Waals surface area contributed by atoms with Crippen molar-refractivity contribution in [3.63, 3.8) is 0 Å². The zero-order valence-electron chi connectivity index (χ0n) is 23.3. The van der Waals surface area contributed by atoms with Crippen molar-refractivity contribution in [2.45, 2.75) is 60.2 Å². The molecule has 2 aromatic carbocycles. The van der Waals surface area contributed by atoms with Gasteiger partial charge in [0.25, 0.3) is 5.91 Å². The fourth-order valence-electron chi connectivity index (χ4n) is 4.28. The number of rotatable bonds is 13. The highest BCUT2D eigenvalue weighted by atomic mass is 32.1. The predicted molar refractivity (Wildman–Crippen MR) is 156 cm³/mol. The first-order valence-electron chi connectivity index (χ1n) is 13.2. The van der Waals surface area contributed by atoms with Gasteiger partial charge in [-0.3, -0.25) is 9.69 Å². The van der Waals surface area contributed by atoms with Crippen LogP contribution in [0.1, 0.15) is 57.5 Å². The van der Waals surface area contributed by atoms with Gasteiger partial charge in [-0.15, -0.1) is 11.3 Å². The summed E-state index contributed by atoms with van der Waals surface area (Å²) < 4.78 is 5.30. The van der Waals surface area contributed by atoms with Crippen molar-refractivity contribution in [2.24, 2.45) is 5.92 Å². The number of aromatic nitrogens is 1. The van der Waals surface area contributed by atoms with Crippen molar-refractivity contribution in [1.82, 2.24) is 15.2 Å². The molecule has 0 spiro atoms. The zero-order chi connectivity index (χ0) is 26.9. The molecule has 37 heavy (non-hydrogen) atoms. The van der Waals surface area contributed by atoms with Crippen LogP contribution in [-0.2, 0) is 6.54 Å². The van der Waals surface area contributed by atoms with Crippen molar-refractivity contribution in [3.8, 4) is 17.0 Å². The Kier molecular flexibility index (Phi) is 10.5. The van der Waals surface area contributed by atoms with Gasteiger partial charge in [0.1, 0.15) is 5.75 Å². The molecule has 6 nitrogen and oxygen atoms in total. The van der Waals surface area contributed by atoms with Gasteiger partial charge in [0, 0.05) is 54.8 Å². The Morgan fingerprint density at radius 1 is 0.946 bits per heavy atom. The maximum Gasteiger partial charge on any atom is 0.251 e. The maximum atomic E-state index is 12.4. The molecule has 0 fully saturated rings. The number of anilines is 1. The topological polar surface area (TPSA) is 57.7 Å². The van der Waals surface area contributed by atoms with Gasteiger partial charge in [-0.1, -0.05) is 26.0 Å². The summed E-state index contributed by atoms with van der Waals surface area (Å²) >= 11 is 1.67. The smallest absolute Gasteiger partial charge is 0.251 e. The molecule has 1 N–H and O–H groups in total. The third-order valence-corrected chi connectivity index (χ3v) is 7.26. The van der Waals surface area contributed by atoms with Crippen molar-refractivity contribution in [2.75, 3.05) is 31.6 Å². The molecule has 0 bridgehead atoms. The van der Waals surface area contributed by atoms with Crippen LogP contribution < -0.4 is 15.0 Å². The molecule has 3 aromatic rings. The van der Waals surface area contributed by atoms with E-state index in [1.54, 1.807) is 18.4 Å². The number of thiazole rings is 1. The molecular weight excluding hydrogens is 480 g/mol. The van der Waals surface area contributed by atoms with Gasteiger partial charge in [-0.05, 0) is 75.6 Å². The first kappa shape index (κ1) is 28.7. The van der Waals surface area contributed by atoms with Gasteiger partial charge in [-0.2, -0.15) is 0 Å². The summed E-state index contributed by atoms with van der Waals surface area (Å²) in [6.45, 7) is 16.4. The van der Waals surface area contributed by atoms with Crippen LogP contribution in [0, 0.1) is 5.92 Å². The maximum absolute atomic E-state index is 12.4. The first-order valence-corrected chi connectivity index (χ1v) is 14.0. The number of benzene rings is 2. The second-order valence-corrected chi connectivity index (χ2v) is 11.2. The van der Waals surface area contributed by atoms with E-state index >= 15 is 0 Å². The molecule has 0 unspecified atom stereocenters. The number of hydrogen-bond donors (Lipinski definition) is 1. The van der Waals surface area contributed by atoms with E-state index in [9.17, 15) is 4.79 Å². The normalized spacial score (nSPS) is 11.5. The Labute approximate surface area is 226 Å². The molecule has 0 atom stereocenters. The summed E-state index contributed by atoms with van der Waals surface area (Å²) in [5.41, 5.74) is 3.89. The van der Waals surface area contributed by atoms with Crippen molar-refractivity contribution >= 4 is 22.4 Å². The number of ether oxygens (including phenoxy) is 1. The summed E-state index contributed by atoms with van der Waals surface area (Å²) in [5.74, 6) is 1.24. The second-order valence-electron chi connectivity index (χ2n) is 10.4. The summed E-state index contributed by atoms with van der Waals surface area (Å²) in [5, 5.41) is 6.11. The van der Waals surface area contributed by atoms with E-state index in [2.05, 4.69) is 74.2 Å². The van der Waals surface area contributed by atoms with Gasteiger partial charge >= 0.3 is 0 Å². The van der Waals surface area contributed by atoms with Gasteiger partial charge in [0.2, 0.25) is 0 Å². The van der Waals surface area contributed by atoms with Crippen LogP contribution in [-0.4, -0.2) is 54.6 Å². The van der Waals surface area contributed by atoms with E-state index in [0.29, 0.717) is 30.1 Å². The zero-order valence-corrected chi connectivity index (χ0v) is 24.1. The first-order chi connectivity index (χ1) is 17.7. The van der Waals surface area contributed by atoms with Gasteiger partial charge < -0.3 is 15.0 Å². The highest BCUT2D eigenvalue weighted by Gasteiger charge is 2.18. The number of nitrogens with one attached hydrogen (secondary N) is 1. The van der Waals surface area contributed by atoms with E-state index in [1.807, 2.05) is 36.4 Å². The van der Waals surface area contributed by atoms with Crippen LogP contribution in [0.5, 0.6) is 5.75 Å². The number of hydrogen-bond acceptors (Lipinski definition) is 6. The van der Waals surface area contributed by atoms with Gasteiger partial charge in [0.15, 0.2) is 5.13 Å². The Morgan fingerprint density at radius 3 is 2.16 bits per heavy atom. The molecule has 0 aliphatic rings. The third kappa shape index (κ3) is 8.30. The van der Waals surface area contributed by atoms with E-state index in [0.717, 1.165) is 47.3 Å². The average molecular weight is 523 g/mol. The van der Waals surface area contributed by atoms with E-state index < -0.39 is 0 Å². The Balaban J connectivity index is 1.79. The summed E-state index contributed by atoms with van der Waals surface area (Å²) in [6.07, 6.45) is 0. The lowest BCUT2D eigenvalue weighted by atomic mass is 10.1. The van der Waals surface area contributed by atoms with E-state index in [4.69, 9.17) is 9.72 Å². The highest BCUT2D eigenvalue weighted by molar-refractivity contribution is 7.14. The summed E-state index contributed by atoms with van der Waals surface area (Å²) in [4.78, 5) is 22.3. The molecule has 200 valence electrons. The second kappa shape index (κ2) is 13.6. The number of nitrogens with zero attached hydrogens (tertiary/aromatic N) is 3. The lowest BCUT2D eigenvalue weighted by Crippen LogP contribution is -2.42. The molecule has 0 saturated carbocycles. The Morgan fingerprint density at radius 2 is 1.59 bits per heavy atom. The summed E-state index contributed by atoms with van der Waals surface area (Å²) in [7, 11) is 1.68. The van der Waals surface area contributed by atoms with Crippen LogP contribution in [0.4, 0.5) is 5.13 Å². The van der Waals surface area contributed by atoms with E-state index in [1.165, 1.54) is 0 Å². The molecule has 1 amide bonds. The predicted octanol–water partition coefficient (Wildman–Crippen LogP) is 6.33. The quantitative estimate of drug-likeness (QED) is 0.284. The van der Waals surface area contributed by atoms with Crippen LogP contribution in [0.25, 0.3) is 11.3 Å². The molecule has 1 heterocycles. The lowest BCUT2D eigenvalue weighted by molar-refractivity contribution is 0.0949. The molecule has 0 saturated heterocycles. The number of carbonyl (C=O) groups excluding carboxylic acids is 1. The minimum atomic E-state index is -0.0225. The van der Waals surface area contributed by atoms with Gasteiger partial charge in [-0.25, -0.2) is 4.98 Å². The summed E-state index contributed by atoms with van der Waals surface area (Å²) in [6, 6.07) is 16.9. The number of amides is 1. The van der Waals surface area contributed by atoms with Gasteiger partial charge in [0.05, 0.1) is 12.8 Å². The molecule has 1 aromatic heterocycles. The molecular formula is C30H42N4O2S. The number of methoxy groups -OCH3 is 1. The third-order valence-electron chi connectivity index (χ3n) is 6.36.